The Balaban J connectivity index is 1.98. The first-order valence-electron chi connectivity index (χ1n) is 8.91. The van der Waals surface area contributed by atoms with E-state index in [1.54, 1.807) is 11.0 Å². The molecule has 7 nitrogen and oxygen atoms in total. The topological polar surface area (TPSA) is 87.2 Å². The molecule has 8 heteroatoms. The maximum atomic E-state index is 13.8. The zero-order valence-corrected chi connectivity index (χ0v) is 15.6. The lowest BCUT2D eigenvalue weighted by atomic mass is 10.1. The van der Waals surface area contributed by atoms with Gasteiger partial charge in [-0.25, -0.2) is 4.39 Å². The van der Waals surface area contributed by atoms with E-state index in [9.17, 15) is 18.8 Å². The molecule has 0 radical (unpaired) electrons. The maximum absolute atomic E-state index is 13.8. The number of carbonyl (C=O) groups excluding carboxylic acids is 2. The molecule has 2 rings (SSSR count). The molecular formula is C19H25FN2O5. The number of likely N-dealkylation sites (tertiary alicyclic amines) is 1. The van der Waals surface area contributed by atoms with Crippen molar-refractivity contribution in [2.45, 2.75) is 38.6 Å². The number of amides is 2. The molecule has 1 saturated heterocycles. The van der Waals surface area contributed by atoms with Crippen molar-refractivity contribution in [2.24, 2.45) is 0 Å². The van der Waals surface area contributed by atoms with Gasteiger partial charge in [-0.2, -0.15) is 0 Å². The van der Waals surface area contributed by atoms with Crippen LogP contribution in [0.1, 0.15) is 31.7 Å². The van der Waals surface area contributed by atoms with Gasteiger partial charge in [0, 0.05) is 26.1 Å². The van der Waals surface area contributed by atoms with Crippen molar-refractivity contribution >= 4 is 17.8 Å². The Morgan fingerprint density at radius 2 is 2.04 bits per heavy atom. The van der Waals surface area contributed by atoms with Gasteiger partial charge in [0.25, 0.3) is 0 Å². The van der Waals surface area contributed by atoms with Crippen molar-refractivity contribution in [3.8, 4) is 5.75 Å². The van der Waals surface area contributed by atoms with E-state index in [0.717, 1.165) is 0 Å². The zero-order valence-electron chi connectivity index (χ0n) is 15.6. The summed E-state index contributed by atoms with van der Waals surface area (Å²) in [5.74, 6) is -1.83. The molecule has 1 heterocycles. The summed E-state index contributed by atoms with van der Waals surface area (Å²) < 4.78 is 18.7. The third kappa shape index (κ3) is 5.67. The first kappa shape index (κ1) is 20.7. The van der Waals surface area contributed by atoms with Crippen LogP contribution in [-0.4, -0.2) is 65.5 Å². The number of halogens is 1. The number of hydrogen-bond acceptors (Lipinski definition) is 4. The molecule has 1 aromatic carbocycles. The van der Waals surface area contributed by atoms with E-state index < -0.39 is 11.8 Å². The van der Waals surface area contributed by atoms with Crippen molar-refractivity contribution < 1.29 is 28.6 Å². The van der Waals surface area contributed by atoms with Crippen LogP contribution in [0.2, 0.25) is 0 Å². The maximum Gasteiger partial charge on any atom is 0.323 e. The standard InChI is InChI=1S/C19H25FN2O5/c1-13(23)22(12-19(25)26)15-4-3-8-21(9-7-15)18(24)11-14-5-6-17(27-2)16(20)10-14/h5-6,10,15H,3-4,7-9,11-12H2,1-2H3,(H,25,26). The predicted octanol–water partition coefficient (Wildman–Crippen LogP) is 1.69. The van der Waals surface area contributed by atoms with Crippen LogP contribution in [0.15, 0.2) is 18.2 Å². The Morgan fingerprint density at radius 1 is 1.30 bits per heavy atom. The monoisotopic (exact) mass is 380 g/mol. The molecule has 148 valence electrons. The quantitative estimate of drug-likeness (QED) is 0.812. The van der Waals surface area contributed by atoms with Gasteiger partial charge in [0.15, 0.2) is 11.6 Å². The highest BCUT2D eigenvalue weighted by atomic mass is 19.1. The smallest absolute Gasteiger partial charge is 0.323 e. The van der Waals surface area contributed by atoms with Crippen LogP contribution < -0.4 is 4.74 Å². The molecule has 0 aromatic heterocycles. The molecule has 1 fully saturated rings. The van der Waals surface area contributed by atoms with Gasteiger partial charge >= 0.3 is 5.97 Å². The average molecular weight is 380 g/mol. The Kier molecular flexibility index (Phi) is 7.15. The van der Waals surface area contributed by atoms with Crippen molar-refractivity contribution in [3.63, 3.8) is 0 Å². The molecule has 0 aliphatic carbocycles. The molecule has 27 heavy (non-hydrogen) atoms. The van der Waals surface area contributed by atoms with Crippen LogP contribution in [0.4, 0.5) is 4.39 Å². The summed E-state index contributed by atoms with van der Waals surface area (Å²) in [7, 11) is 1.38. The number of rotatable bonds is 6. The minimum atomic E-state index is -1.05. The lowest BCUT2D eigenvalue weighted by molar-refractivity contribution is -0.145. The number of nitrogens with zero attached hydrogens (tertiary/aromatic N) is 2. The molecule has 1 atom stereocenters. The highest BCUT2D eigenvalue weighted by Crippen LogP contribution is 2.20. The Bertz CT molecular complexity index is 709. The number of benzene rings is 1. The highest BCUT2D eigenvalue weighted by molar-refractivity contribution is 5.80. The van der Waals surface area contributed by atoms with Gasteiger partial charge < -0.3 is 19.6 Å². The van der Waals surface area contributed by atoms with E-state index in [4.69, 9.17) is 9.84 Å². The minimum absolute atomic E-state index is 0.0805. The number of carboxylic acid groups (broad SMARTS) is 1. The number of methoxy groups -OCH3 is 1. The molecule has 1 aliphatic rings. The fourth-order valence-electron chi connectivity index (χ4n) is 3.39. The Hall–Kier alpha value is -2.64. The first-order valence-corrected chi connectivity index (χ1v) is 8.91. The second kappa shape index (κ2) is 9.34. The average Bonchev–Trinajstić information content (AvgIpc) is 2.85. The van der Waals surface area contributed by atoms with Gasteiger partial charge in [-0.3, -0.25) is 14.4 Å². The summed E-state index contributed by atoms with van der Waals surface area (Å²) in [6, 6.07) is 4.24. The molecule has 1 N–H and O–H groups in total. The van der Waals surface area contributed by atoms with E-state index in [1.807, 2.05) is 0 Å². The van der Waals surface area contributed by atoms with Crippen LogP contribution in [-0.2, 0) is 20.8 Å². The van der Waals surface area contributed by atoms with Gasteiger partial charge in [-0.15, -0.1) is 0 Å². The van der Waals surface area contributed by atoms with Gasteiger partial charge in [-0.1, -0.05) is 6.07 Å². The normalized spacial score (nSPS) is 17.1. The zero-order chi connectivity index (χ0) is 20.0. The van der Waals surface area contributed by atoms with Gasteiger partial charge in [0.1, 0.15) is 6.54 Å². The van der Waals surface area contributed by atoms with E-state index in [-0.39, 0.29) is 36.6 Å². The number of ether oxygens (including phenoxy) is 1. The highest BCUT2D eigenvalue weighted by Gasteiger charge is 2.27. The Labute approximate surface area is 157 Å². The minimum Gasteiger partial charge on any atom is -0.494 e. The summed E-state index contributed by atoms with van der Waals surface area (Å²) in [5, 5.41) is 9.00. The lowest BCUT2D eigenvalue weighted by Gasteiger charge is -2.28. The second-order valence-electron chi connectivity index (χ2n) is 6.65. The number of carbonyl (C=O) groups is 3. The number of hydrogen-bond donors (Lipinski definition) is 1. The molecule has 2 amide bonds. The second-order valence-corrected chi connectivity index (χ2v) is 6.65. The summed E-state index contributed by atoms with van der Waals surface area (Å²) in [4.78, 5) is 38.4. The fourth-order valence-corrected chi connectivity index (χ4v) is 3.39. The molecule has 1 unspecified atom stereocenters. The summed E-state index contributed by atoms with van der Waals surface area (Å²) >= 11 is 0. The van der Waals surface area contributed by atoms with Gasteiger partial charge in [-0.05, 0) is 37.0 Å². The third-order valence-electron chi connectivity index (χ3n) is 4.77. The number of carboxylic acids is 1. The molecule has 0 spiro atoms. The molecule has 1 aliphatic heterocycles. The molecular weight excluding hydrogens is 355 g/mol. The largest absolute Gasteiger partial charge is 0.494 e. The SMILES string of the molecule is COc1ccc(CC(=O)N2CCCC(N(CC(=O)O)C(C)=O)CC2)cc1F. The predicted molar refractivity (Wildman–Crippen MR) is 95.9 cm³/mol. The fraction of sp³-hybridized carbons (Fsp3) is 0.526. The Morgan fingerprint density at radius 3 is 2.63 bits per heavy atom. The van der Waals surface area contributed by atoms with Crippen molar-refractivity contribution in [2.75, 3.05) is 26.7 Å². The van der Waals surface area contributed by atoms with E-state index in [2.05, 4.69) is 0 Å². The lowest BCUT2D eigenvalue weighted by Crippen LogP contribution is -2.43. The van der Waals surface area contributed by atoms with Crippen LogP contribution in [0.5, 0.6) is 5.75 Å². The summed E-state index contributed by atoms with van der Waals surface area (Å²) in [6.07, 6.45) is 1.93. The number of aliphatic carboxylic acids is 1. The van der Waals surface area contributed by atoms with Crippen molar-refractivity contribution in [1.29, 1.82) is 0 Å². The molecule has 1 aromatic rings. The third-order valence-corrected chi connectivity index (χ3v) is 4.77. The molecule has 0 bridgehead atoms. The van der Waals surface area contributed by atoms with Gasteiger partial charge in [0.05, 0.1) is 13.5 Å². The van der Waals surface area contributed by atoms with Crippen molar-refractivity contribution in [3.05, 3.63) is 29.6 Å². The van der Waals surface area contributed by atoms with Crippen LogP contribution >= 0.6 is 0 Å². The summed E-state index contributed by atoms with van der Waals surface area (Å²) in [5.41, 5.74) is 0.565. The summed E-state index contributed by atoms with van der Waals surface area (Å²) in [6.45, 7) is 1.99. The van der Waals surface area contributed by atoms with Gasteiger partial charge in [0.2, 0.25) is 11.8 Å². The first-order chi connectivity index (χ1) is 12.8. The van der Waals surface area contributed by atoms with Crippen molar-refractivity contribution in [1.82, 2.24) is 9.80 Å². The van der Waals surface area contributed by atoms with Crippen LogP contribution in [0.3, 0.4) is 0 Å². The van der Waals surface area contributed by atoms with Crippen LogP contribution in [0, 0.1) is 5.82 Å². The van der Waals surface area contributed by atoms with E-state index >= 15 is 0 Å². The van der Waals surface area contributed by atoms with E-state index in [1.165, 1.54) is 31.1 Å². The van der Waals surface area contributed by atoms with Crippen LogP contribution in [0.25, 0.3) is 0 Å². The van der Waals surface area contributed by atoms with E-state index in [0.29, 0.717) is 37.9 Å². The molecule has 0 saturated carbocycles.